The van der Waals surface area contributed by atoms with Crippen LogP contribution in [-0.4, -0.2) is 24.8 Å². The van der Waals surface area contributed by atoms with Gasteiger partial charge in [0.15, 0.2) is 0 Å². The fraction of sp³-hybridized carbons (Fsp3) is 0.500. The maximum Gasteiger partial charge on any atom is 0.330 e. The van der Waals surface area contributed by atoms with Crippen LogP contribution in [0.4, 0.5) is 0 Å². The molecule has 13 heavy (non-hydrogen) atoms. The van der Waals surface area contributed by atoms with E-state index in [4.69, 9.17) is 9.47 Å². The minimum Gasteiger partial charge on any atom is -0.463 e. The highest BCUT2D eigenvalue weighted by molar-refractivity contribution is 5.82. The summed E-state index contributed by atoms with van der Waals surface area (Å²) >= 11 is 0. The zero-order valence-corrected chi connectivity index (χ0v) is 7.90. The van der Waals surface area contributed by atoms with E-state index in [0.29, 0.717) is 6.61 Å². The lowest BCUT2D eigenvalue weighted by Crippen LogP contribution is -2.07. The standard InChI is InChI=1S/C10H14O3/c1-3-12-10(11)7-6-9-5-4-8(2)13-9/h4-9H,3H2,1-2H3/b7-6+/t8-,9-/m1/s1. The van der Waals surface area contributed by atoms with Crippen molar-refractivity contribution in [3.05, 3.63) is 24.3 Å². The van der Waals surface area contributed by atoms with E-state index in [1.54, 1.807) is 13.0 Å². The maximum atomic E-state index is 10.9. The largest absolute Gasteiger partial charge is 0.463 e. The summed E-state index contributed by atoms with van der Waals surface area (Å²) in [6.45, 7) is 4.13. The van der Waals surface area contributed by atoms with Crippen molar-refractivity contribution >= 4 is 5.97 Å². The lowest BCUT2D eigenvalue weighted by molar-refractivity contribution is -0.137. The van der Waals surface area contributed by atoms with Gasteiger partial charge in [-0.05, 0) is 19.9 Å². The molecule has 0 aromatic heterocycles. The second-order valence-corrected chi connectivity index (χ2v) is 2.80. The van der Waals surface area contributed by atoms with Gasteiger partial charge >= 0.3 is 5.97 Å². The van der Waals surface area contributed by atoms with Crippen LogP contribution in [0.2, 0.25) is 0 Å². The molecule has 0 N–H and O–H groups in total. The summed E-state index contributed by atoms with van der Waals surface area (Å²) in [5.74, 6) is -0.320. The molecule has 1 heterocycles. The molecule has 3 heteroatoms. The first-order valence-corrected chi connectivity index (χ1v) is 4.41. The lowest BCUT2D eigenvalue weighted by Gasteiger charge is -2.05. The molecule has 3 nitrogen and oxygen atoms in total. The SMILES string of the molecule is CCOC(=O)/C=C/[C@H]1C=C[C@@H](C)O1. The van der Waals surface area contributed by atoms with Crippen LogP contribution in [0.3, 0.4) is 0 Å². The Morgan fingerprint density at radius 3 is 2.92 bits per heavy atom. The van der Waals surface area contributed by atoms with Crippen LogP contribution in [0, 0.1) is 0 Å². The van der Waals surface area contributed by atoms with Gasteiger partial charge in [0.25, 0.3) is 0 Å². The van der Waals surface area contributed by atoms with Crippen molar-refractivity contribution in [2.24, 2.45) is 0 Å². The Bertz CT molecular complexity index is 230. The van der Waals surface area contributed by atoms with Gasteiger partial charge in [0.05, 0.1) is 18.8 Å². The van der Waals surface area contributed by atoms with Crippen LogP contribution in [0.15, 0.2) is 24.3 Å². The van der Waals surface area contributed by atoms with Crippen molar-refractivity contribution in [1.29, 1.82) is 0 Å². The average molecular weight is 182 g/mol. The van der Waals surface area contributed by atoms with Crippen LogP contribution in [-0.2, 0) is 14.3 Å². The highest BCUT2D eigenvalue weighted by Crippen LogP contribution is 2.11. The first-order valence-electron chi connectivity index (χ1n) is 4.41. The molecule has 0 fully saturated rings. The molecule has 0 unspecified atom stereocenters. The number of carbonyl (C=O) groups excluding carboxylic acids is 1. The summed E-state index contributed by atoms with van der Waals surface area (Å²) in [7, 11) is 0. The number of carbonyl (C=O) groups is 1. The minimum absolute atomic E-state index is 0.0839. The van der Waals surface area contributed by atoms with Gasteiger partial charge in [-0.15, -0.1) is 0 Å². The minimum atomic E-state index is -0.320. The van der Waals surface area contributed by atoms with Gasteiger partial charge in [0.2, 0.25) is 0 Å². The third-order valence-electron chi connectivity index (χ3n) is 1.65. The summed E-state index contributed by atoms with van der Waals surface area (Å²) in [5.41, 5.74) is 0. The summed E-state index contributed by atoms with van der Waals surface area (Å²) < 4.78 is 10.1. The van der Waals surface area contributed by atoms with Crippen molar-refractivity contribution in [2.75, 3.05) is 6.61 Å². The number of rotatable bonds is 3. The first kappa shape index (κ1) is 9.99. The topological polar surface area (TPSA) is 35.5 Å². The molecule has 0 bridgehead atoms. The van der Waals surface area contributed by atoms with Gasteiger partial charge in [-0.2, -0.15) is 0 Å². The Morgan fingerprint density at radius 1 is 1.62 bits per heavy atom. The molecule has 0 spiro atoms. The summed E-state index contributed by atoms with van der Waals surface area (Å²) in [6, 6.07) is 0. The van der Waals surface area contributed by atoms with Crippen molar-refractivity contribution in [1.82, 2.24) is 0 Å². The lowest BCUT2D eigenvalue weighted by atomic mass is 10.3. The molecule has 2 atom stereocenters. The van der Waals surface area contributed by atoms with Gasteiger partial charge in [0.1, 0.15) is 0 Å². The summed E-state index contributed by atoms with van der Waals surface area (Å²) in [5, 5.41) is 0. The Morgan fingerprint density at radius 2 is 2.38 bits per heavy atom. The molecule has 0 aromatic carbocycles. The monoisotopic (exact) mass is 182 g/mol. The maximum absolute atomic E-state index is 10.9. The molecule has 0 saturated carbocycles. The van der Waals surface area contributed by atoms with E-state index in [2.05, 4.69) is 0 Å². The number of hydrogen-bond donors (Lipinski definition) is 0. The number of hydrogen-bond acceptors (Lipinski definition) is 3. The van der Waals surface area contributed by atoms with Crippen molar-refractivity contribution < 1.29 is 14.3 Å². The van der Waals surface area contributed by atoms with Gasteiger partial charge < -0.3 is 9.47 Å². The molecule has 0 radical (unpaired) electrons. The molecule has 0 aliphatic carbocycles. The Labute approximate surface area is 78.0 Å². The predicted molar refractivity (Wildman–Crippen MR) is 49.2 cm³/mol. The van der Waals surface area contributed by atoms with Gasteiger partial charge in [0, 0.05) is 6.08 Å². The Kier molecular flexibility index (Phi) is 3.71. The van der Waals surface area contributed by atoms with Crippen LogP contribution in [0.25, 0.3) is 0 Å². The van der Waals surface area contributed by atoms with Crippen molar-refractivity contribution in [2.45, 2.75) is 26.1 Å². The van der Waals surface area contributed by atoms with E-state index in [9.17, 15) is 4.79 Å². The molecule has 0 aromatic rings. The molecule has 0 amide bonds. The molecule has 1 rings (SSSR count). The van der Waals surface area contributed by atoms with Crippen molar-refractivity contribution in [3.8, 4) is 0 Å². The highest BCUT2D eigenvalue weighted by Gasteiger charge is 2.12. The molecule has 1 aliphatic rings. The third-order valence-corrected chi connectivity index (χ3v) is 1.65. The molecular weight excluding hydrogens is 168 g/mol. The predicted octanol–water partition coefficient (Wildman–Crippen LogP) is 1.45. The normalized spacial score (nSPS) is 26.9. The summed E-state index contributed by atoms with van der Waals surface area (Å²) in [6.07, 6.45) is 7.02. The van der Waals surface area contributed by atoms with Crippen LogP contribution in [0.1, 0.15) is 13.8 Å². The Balaban J connectivity index is 2.32. The molecule has 72 valence electrons. The van der Waals surface area contributed by atoms with Crippen LogP contribution in [0.5, 0.6) is 0 Å². The second-order valence-electron chi connectivity index (χ2n) is 2.80. The van der Waals surface area contributed by atoms with Gasteiger partial charge in [-0.3, -0.25) is 0 Å². The second kappa shape index (κ2) is 4.82. The van der Waals surface area contributed by atoms with E-state index in [0.717, 1.165) is 0 Å². The van der Waals surface area contributed by atoms with Crippen LogP contribution < -0.4 is 0 Å². The quantitative estimate of drug-likeness (QED) is 0.376. The molecular formula is C10H14O3. The van der Waals surface area contributed by atoms with E-state index in [1.807, 2.05) is 19.1 Å². The van der Waals surface area contributed by atoms with E-state index >= 15 is 0 Å². The zero-order chi connectivity index (χ0) is 9.68. The van der Waals surface area contributed by atoms with Gasteiger partial charge in [-0.25, -0.2) is 4.79 Å². The van der Waals surface area contributed by atoms with Gasteiger partial charge in [-0.1, -0.05) is 12.2 Å². The Hall–Kier alpha value is -1.09. The average Bonchev–Trinajstić information content (AvgIpc) is 2.49. The number of esters is 1. The van der Waals surface area contributed by atoms with E-state index < -0.39 is 0 Å². The van der Waals surface area contributed by atoms with E-state index in [1.165, 1.54) is 6.08 Å². The smallest absolute Gasteiger partial charge is 0.330 e. The fourth-order valence-electron chi connectivity index (χ4n) is 1.08. The molecule has 1 aliphatic heterocycles. The van der Waals surface area contributed by atoms with Crippen LogP contribution >= 0.6 is 0 Å². The number of ether oxygens (including phenoxy) is 2. The third kappa shape index (κ3) is 3.42. The first-order chi connectivity index (χ1) is 6.22. The van der Waals surface area contributed by atoms with Crippen molar-refractivity contribution in [3.63, 3.8) is 0 Å². The fourth-order valence-corrected chi connectivity index (χ4v) is 1.08. The van der Waals surface area contributed by atoms with E-state index in [-0.39, 0.29) is 18.2 Å². The molecule has 0 saturated heterocycles. The zero-order valence-electron chi connectivity index (χ0n) is 7.90. The summed E-state index contributed by atoms with van der Waals surface area (Å²) in [4.78, 5) is 10.9. The highest BCUT2D eigenvalue weighted by atomic mass is 16.5.